The van der Waals surface area contributed by atoms with Crippen molar-refractivity contribution in [2.45, 2.75) is 26.3 Å². The van der Waals surface area contributed by atoms with E-state index >= 15 is 0 Å². The molecule has 1 amide bonds. The molecular formula is C14H15ClN2O. The van der Waals surface area contributed by atoms with Crippen LogP contribution in [0.15, 0.2) is 30.3 Å². The van der Waals surface area contributed by atoms with Crippen LogP contribution >= 0.6 is 11.6 Å². The molecule has 0 aliphatic rings. The lowest BCUT2D eigenvalue weighted by molar-refractivity contribution is 0.0934. The monoisotopic (exact) mass is 262 g/mol. The van der Waals surface area contributed by atoms with Crippen LogP contribution in [0.1, 0.15) is 30.8 Å². The summed E-state index contributed by atoms with van der Waals surface area (Å²) in [6, 6.07) is 9.51. The Morgan fingerprint density at radius 1 is 1.44 bits per heavy atom. The second-order valence-corrected chi connectivity index (χ2v) is 4.66. The van der Waals surface area contributed by atoms with Gasteiger partial charge in [-0.3, -0.25) is 4.79 Å². The van der Waals surface area contributed by atoms with Crippen LogP contribution < -0.4 is 5.32 Å². The molecular weight excluding hydrogens is 248 g/mol. The van der Waals surface area contributed by atoms with Crippen molar-refractivity contribution in [2.75, 3.05) is 0 Å². The van der Waals surface area contributed by atoms with Crippen molar-refractivity contribution in [3.8, 4) is 0 Å². The number of halogens is 1. The lowest BCUT2D eigenvalue weighted by atomic mass is 10.1. The maximum atomic E-state index is 12.0. The molecule has 0 saturated heterocycles. The topological polar surface area (TPSA) is 42.0 Å². The zero-order chi connectivity index (χ0) is 13.1. The normalized spacial score (nSPS) is 12.4. The van der Waals surface area contributed by atoms with Gasteiger partial charge in [-0.2, -0.15) is 0 Å². The Hall–Kier alpha value is -1.61. The molecule has 0 spiro atoms. The second kappa shape index (κ2) is 5.36. The van der Waals surface area contributed by atoms with E-state index in [0.29, 0.717) is 10.8 Å². The number of carbonyl (C=O) groups is 1. The molecule has 0 bridgehead atoms. The molecule has 1 N–H and O–H groups in total. The third-order valence-electron chi connectivity index (χ3n) is 2.92. The predicted octanol–water partition coefficient (Wildman–Crippen LogP) is 3.42. The van der Waals surface area contributed by atoms with Gasteiger partial charge < -0.3 is 5.32 Å². The first kappa shape index (κ1) is 12.8. The first-order valence-electron chi connectivity index (χ1n) is 5.98. The SMILES string of the molecule is CCC(C)NC(=O)c1cc2ccccc2c(Cl)n1. The molecule has 4 heteroatoms. The van der Waals surface area contributed by atoms with Crippen LogP contribution in [-0.4, -0.2) is 16.9 Å². The summed E-state index contributed by atoms with van der Waals surface area (Å²) >= 11 is 6.09. The van der Waals surface area contributed by atoms with E-state index in [1.807, 2.05) is 38.1 Å². The van der Waals surface area contributed by atoms with Gasteiger partial charge in [0.1, 0.15) is 10.8 Å². The van der Waals surface area contributed by atoms with Crippen LogP contribution in [0.25, 0.3) is 10.8 Å². The number of hydrogen-bond acceptors (Lipinski definition) is 2. The lowest BCUT2D eigenvalue weighted by Crippen LogP contribution is -2.32. The highest BCUT2D eigenvalue weighted by atomic mass is 35.5. The Morgan fingerprint density at radius 2 is 2.17 bits per heavy atom. The van der Waals surface area contributed by atoms with E-state index in [2.05, 4.69) is 10.3 Å². The summed E-state index contributed by atoms with van der Waals surface area (Å²) in [4.78, 5) is 16.1. The van der Waals surface area contributed by atoms with Gasteiger partial charge in [-0.15, -0.1) is 0 Å². The molecule has 1 unspecified atom stereocenters. The number of fused-ring (bicyclic) bond motifs is 1. The van der Waals surface area contributed by atoms with Crippen molar-refractivity contribution in [3.63, 3.8) is 0 Å². The summed E-state index contributed by atoms with van der Waals surface area (Å²) in [5.74, 6) is -0.183. The van der Waals surface area contributed by atoms with Crippen LogP contribution in [0.3, 0.4) is 0 Å². The molecule has 0 aliphatic carbocycles. The van der Waals surface area contributed by atoms with E-state index in [4.69, 9.17) is 11.6 Å². The summed E-state index contributed by atoms with van der Waals surface area (Å²) in [7, 11) is 0. The molecule has 3 nitrogen and oxygen atoms in total. The Balaban J connectivity index is 2.37. The molecule has 1 aromatic heterocycles. The number of pyridine rings is 1. The fraction of sp³-hybridized carbons (Fsp3) is 0.286. The minimum Gasteiger partial charge on any atom is -0.348 e. The summed E-state index contributed by atoms with van der Waals surface area (Å²) in [5.41, 5.74) is 0.360. The largest absolute Gasteiger partial charge is 0.348 e. The van der Waals surface area contributed by atoms with Gasteiger partial charge >= 0.3 is 0 Å². The van der Waals surface area contributed by atoms with Gasteiger partial charge in [0, 0.05) is 11.4 Å². The highest BCUT2D eigenvalue weighted by Gasteiger charge is 2.12. The van der Waals surface area contributed by atoms with Crippen molar-refractivity contribution in [2.24, 2.45) is 0 Å². The standard InChI is InChI=1S/C14H15ClN2O/c1-3-9(2)16-14(18)12-8-10-6-4-5-7-11(10)13(15)17-12/h4-9H,3H2,1-2H3,(H,16,18). The molecule has 0 fully saturated rings. The fourth-order valence-electron chi connectivity index (χ4n) is 1.67. The summed E-state index contributed by atoms with van der Waals surface area (Å²) in [6.07, 6.45) is 0.882. The number of nitrogens with zero attached hydrogens (tertiary/aromatic N) is 1. The van der Waals surface area contributed by atoms with Crippen molar-refractivity contribution in [1.82, 2.24) is 10.3 Å². The predicted molar refractivity (Wildman–Crippen MR) is 74.0 cm³/mol. The molecule has 0 saturated carbocycles. The number of amides is 1. The maximum absolute atomic E-state index is 12.0. The van der Waals surface area contributed by atoms with Crippen molar-refractivity contribution < 1.29 is 4.79 Å². The Morgan fingerprint density at radius 3 is 2.89 bits per heavy atom. The number of nitrogens with one attached hydrogen (secondary N) is 1. The van der Waals surface area contributed by atoms with Gasteiger partial charge in [0.25, 0.3) is 5.91 Å². The lowest BCUT2D eigenvalue weighted by Gasteiger charge is -2.11. The van der Waals surface area contributed by atoms with Crippen LogP contribution in [0.2, 0.25) is 5.15 Å². The second-order valence-electron chi connectivity index (χ2n) is 4.30. The molecule has 18 heavy (non-hydrogen) atoms. The highest BCUT2D eigenvalue weighted by molar-refractivity contribution is 6.34. The van der Waals surface area contributed by atoms with Crippen molar-refractivity contribution in [3.05, 3.63) is 41.2 Å². The summed E-state index contributed by atoms with van der Waals surface area (Å²) in [5, 5.41) is 5.02. The number of aromatic nitrogens is 1. The van der Waals surface area contributed by atoms with Crippen molar-refractivity contribution >= 4 is 28.3 Å². The number of rotatable bonds is 3. The zero-order valence-electron chi connectivity index (χ0n) is 10.4. The molecule has 0 radical (unpaired) electrons. The average molecular weight is 263 g/mol. The Bertz CT molecular complexity index is 583. The Labute approximate surface area is 111 Å². The van der Waals surface area contributed by atoms with Gasteiger partial charge in [-0.25, -0.2) is 4.98 Å². The van der Waals surface area contributed by atoms with E-state index in [0.717, 1.165) is 17.2 Å². The van der Waals surface area contributed by atoms with Crippen LogP contribution in [-0.2, 0) is 0 Å². The molecule has 94 valence electrons. The molecule has 1 heterocycles. The van der Waals surface area contributed by atoms with E-state index in [1.54, 1.807) is 6.07 Å². The van der Waals surface area contributed by atoms with Gasteiger partial charge in [0.2, 0.25) is 0 Å². The van der Waals surface area contributed by atoms with Crippen LogP contribution in [0.5, 0.6) is 0 Å². The molecule has 2 rings (SSSR count). The Kier molecular flexibility index (Phi) is 3.82. The molecule has 0 aliphatic heterocycles. The molecule has 1 atom stereocenters. The molecule has 1 aromatic carbocycles. The number of carbonyl (C=O) groups excluding carboxylic acids is 1. The van der Waals surface area contributed by atoms with Crippen LogP contribution in [0, 0.1) is 0 Å². The summed E-state index contributed by atoms with van der Waals surface area (Å²) < 4.78 is 0. The molecule has 2 aromatic rings. The minimum atomic E-state index is -0.183. The smallest absolute Gasteiger partial charge is 0.270 e. The highest BCUT2D eigenvalue weighted by Crippen LogP contribution is 2.22. The first-order valence-corrected chi connectivity index (χ1v) is 6.35. The van der Waals surface area contributed by atoms with E-state index < -0.39 is 0 Å². The number of hydrogen-bond donors (Lipinski definition) is 1. The average Bonchev–Trinajstić information content (AvgIpc) is 2.38. The third kappa shape index (κ3) is 2.62. The maximum Gasteiger partial charge on any atom is 0.270 e. The third-order valence-corrected chi connectivity index (χ3v) is 3.20. The van der Waals surface area contributed by atoms with Gasteiger partial charge in [0.15, 0.2) is 0 Å². The minimum absolute atomic E-state index is 0.129. The van der Waals surface area contributed by atoms with Gasteiger partial charge in [0.05, 0.1) is 0 Å². The van der Waals surface area contributed by atoms with Gasteiger partial charge in [-0.1, -0.05) is 42.8 Å². The number of benzene rings is 1. The summed E-state index contributed by atoms with van der Waals surface area (Å²) in [6.45, 7) is 3.98. The van der Waals surface area contributed by atoms with Crippen LogP contribution in [0.4, 0.5) is 0 Å². The van der Waals surface area contributed by atoms with Crippen molar-refractivity contribution in [1.29, 1.82) is 0 Å². The van der Waals surface area contributed by atoms with Gasteiger partial charge in [-0.05, 0) is 24.8 Å². The zero-order valence-corrected chi connectivity index (χ0v) is 11.2. The van der Waals surface area contributed by atoms with E-state index in [-0.39, 0.29) is 11.9 Å². The quantitative estimate of drug-likeness (QED) is 0.862. The first-order chi connectivity index (χ1) is 8.61. The fourth-order valence-corrected chi connectivity index (χ4v) is 1.94. The van der Waals surface area contributed by atoms with E-state index in [1.165, 1.54) is 0 Å². The van der Waals surface area contributed by atoms with E-state index in [9.17, 15) is 4.79 Å².